The Labute approximate surface area is 126 Å². The Kier molecular flexibility index (Phi) is 4.26. The highest BCUT2D eigenvalue weighted by molar-refractivity contribution is 7.89. The molecule has 1 fully saturated rings. The van der Waals surface area contributed by atoms with E-state index in [0.29, 0.717) is 18.8 Å². The number of nitrogen functional groups attached to an aromatic ring is 1. The third kappa shape index (κ3) is 2.76. The van der Waals surface area contributed by atoms with Crippen LogP contribution in [0.2, 0.25) is 0 Å². The highest BCUT2D eigenvalue weighted by Gasteiger charge is 2.41. The maximum atomic E-state index is 12.8. The van der Waals surface area contributed by atoms with E-state index in [9.17, 15) is 8.42 Å². The lowest BCUT2D eigenvalue weighted by molar-refractivity contribution is 0.279. The summed E-state index contributed by atoms with van der Waals surface area (Å²) in [5, 5.41) is 9.16. The largest absolute Gasteiger partial charge is 0.399 e. The molecule has 1 saturated heterocycles. The van der Waals surface area contributed by atoms with Crippen LogP contribution in [0.3, 0.4) is 0 Å². The molecule has 0 saturated carbocycles. The normalized spacial score (nSPS) is 18.5. The van der Waals surface area contributed by atoms with E-state index >= 15 is 0 Å². The zero-order valence-electron chi connectivity index (χ0n) is 12.5. The molecular formula is C15H21N3O2S. The summed E-state index contributed by atoms with van der Waals surface area (Å²) in [6.45, 7) is 5.24. The second-order valence-corrected chi connectivity index (χ2v) is 7.57. The summed E-state index contributed by atoms with van der Waals surface area (Å²) in [6.07, 6.45) is 2.79. The summed E-state index contributed by atoms with van der Waals surface area (Å²) >= 11 is 0. The monoisotopic (exact) mass is 307 g/mol. The van der Waals surface area contributed by atoms with Crippen LogP contribution < -0.4 is 5.73 Å². The molecule has 114 valence electrons. The average molecular weight is 307 g/mol. The number of nitrogens with zero attached hydrogens (tertiary/aromatic N) is 2. The maximum Gasteiger partial charge on any atom is 0.244 e. The van der Waals surface area contributed by atoms with Gasteiger partial charge in [0, 0.05) is 18.8 Å². The van der Waals surface area contributed by atoms with Crippen LogP contribution >= 0.6 is 0 Å². The van der Waals surface area contributed by atoms with Crippen LogP contribution in [0, 0.1) is 16.7 Å². The smallest absolute Gasteiger partial charge is 0.244 e. The SMILES string of the molecule is CCC1(CC)CCN(S(=O)(=O)c2ccc(N)cc2C#N)C1. The second kappa shape index (κ2) is 5.66. The van der Waals surface area contributed by atoms with Crippen LogP contribution in [-0.4, -0.2) is 25.8 Å². The van der Waals surface area contributed by atoms with Crippen LogP contribution in [-0.2, 0) is 10.0 Å². The minimum Gasteiger partial charge on any atom is -0.399 e. The topological polar surface area (TPSA) is 87.2 Å². The number of benzene rings is 1. The van der Waals surface area contributed by atoms with Gasteiger partial charge in [-0.2, -0.15) is 9.57 Å². The Bertz CT molecular complexity index is 673. The lowest BCUT2D eigenvalue weighted by atomic mass is 9.82. The van der Waals surface area contributed by atoms with Crippen LogP contribution in [0.4, 0.5) is 5.69 Å². The Morgan fingerprint density at radius 2 is 2.05 bits per heavy atom. The van der Waals surface area contributed by atoms with Gasteiger partial charge in [-0.25, -0.2) is 8.42 Å². The first-order valence-electron chi connectivity index (χ1n) is 7.18. The molecule has 0 unspecified atom stereocenters. The molecule has 21 heavy (non-hydrogen) atoms. The molecule has 0 amide bonds. The van der Waals surface area contributed by atoms with Gasteiger partial charge in [-0.1, -0.05) is 13.8 Å². The average Bonchev–Trinajstić information content (AvgIpc) is 2.92. The maximum absolute atomic E-state index is 12.8. The Hall–Kier alpha value is -1.58. The van der Waals surface area contributed by atoms with E-state index in [1.54, 1.807) is 0 Å². The second-order valence-electron chi connectivity index (χ2n) is 5.66. The minimum atomic E-state index is -3.63. The van der Waals surface area contributed by atoms with Gasteiger partial charge in [0.2, 0.25) is 10.0 Å². The van der Waals surface area contributed by atoms with Gasteiger partial charge in [0.15, 0.2) is 0 Å². The van der Waals surface area contributed by atoms with E-state index in [-0.39, 0.29) is 15.9 Å². The van der Waals surface area contributed by atoms with Gasteiger partial charge in [-0.3, -0.25) is 0 Å². The van der Waals surface area contributed by atoms with E-state index in [1.807, 2.05) is 6.07 Å². The molecule has 6 heteroatoms. The lowest BCUT2D eigenvalue weighted by Gasteiger charge is -2.26. The summed E-state index contributed by atoms with van der Waals surface area (Å²) in [4.78, 5) is 0.0576. The van der Waals surface area contributed by atoms with Crippen LogP contribution in [0.15, 0.2) is 23.1 Å². The molecule has 2 rings (SSSR count). The predicted octanol–water partition coefficient (Wildman–Crippen LogP) is 2.34. The van der Waals surface area contributed by atoms with Crippen molar-refractivity contribution in [3.8, 4) is 6.07 Å². The van der Waals surface area contributed by atoms with Gasteiger partial charge in [-0.05, 0) is 42.9 Å². The summed E-state index contributed by atoms with van der Waals surface area (Å²) in [7, 11) is -3.63. The quantitative estimate of drug-likeness (QED) is 0.865. The first-order chi connectivity index (χ1) is 9.88. The molecular weight excluding hydrogens is 286 g/mol. The first-order valence-corrected chi connectivity index (χ1v) is 8.62. The van der Waals surface area contributed by atoms with Gasteiger partial charge in [0.05, 0.1) is 5.56 Å². The third-order valence-electron chi connectivity index (χ3n) is 4.65. The molecule has 2 N–H and O–H groups in total. The van der Waals surface area contributed by atoms with Gasteiger partial charge in [-0.15, -0.1) is 0 Å². The zero-order chi connectivity index (χ0) is 15.7. The standard InChI is InChI=1S/C15H21N3O2S/c1-3-15(4-2)7-8-18(11-15)21(19,20)14-6-5-13(17)9-12(14)10-16/h5-6,9H,3-4,7-8,11,17H2,1-2H3. The summed E-state index contributed by atoms with van der Waals surface area (Å²) in [6, 6.07) is 6.30. The van der Waals surface area contributed by atoms with Crippen molar-refractivity contribution in [2.75, 3.05) is 18.8 Å². The molecule has 1 aliphatic heterocycles. The molecule has 1 aromatic rings. The van der Waals surface area contributed by atoms with E-state index in [4.69, 9.17) is 11.0 Å². The number of rotatable bonds is 4. The molecule has 0 aliphatic carbocycles. The number of nitriles is 1. The third-order valence-corrected chi connectivity index (χ3v) is 6.55. The Morgan fingerprint density at radius 3 is 2.57 bits per heavy atom. The zero-order valence-corrected chi connectivity index (χ0v) is 13.3. The molecule has 0 radical (unpaired) electrons. The van der Waals surface area contributed by atoms with Crippen LogP contribution in [0.5, 0.6) is 0 Å². The lowest BCUT2D eigenvalue weighted by Crippen LogP contribution is -2.32. The molecule has 0 bridgehead atoms. The molecule has 5 nitrogen and oxygen atoms in total. The fourth-order valence-corrected chi connectivity index (χ4v) is 4.60. The predicted molar refractivity (Wildman–Crippen MR) is 82.0 cm³/mol. The molecule has 0 atom stereocenters. The van der Waals surface area contributed by atoms with Gasteiger partial charge >= 0.3 is 0 Å². The van der Waals surface area contributed by atoms with Crippen molar-refractivity contribution in [1.29, 1.82) is 5.26 Å². The van der Waals surface area contributed by atoms with Crippen molar-refractivity contribution in [2.24, 2.45) is 5.41 Å². The molecule has 1 aliphatic rings. The van der Waals surface area contributed by atoms with E-state index in [2.05, 4.69) is 13.8 Å². The van der Waals surface area contributed by atoms with Gasteiger partial charge in [0.1, 0.15) is 11.0 Å². The van der Waals surface area contributed by atoms with Crippen molar-refractivity contribution in [2.45, 2.75) is 38.0 Å². The summed E-state index contributed by atoms with van der Waals surface area (Å²) < 4.78 is 27.1. The van der Waals surface area contributed by atoms with Crippen molar-refractivity contribution in [3.63, 3.8) is 0 Å². The Morgan fingerprint density at radius 1 is 1.38 bits per heavy atom. The number of sulfonamides is 1. The fraction of sp³-hybridized carbons (Fsp3) is 0.533. The van der Waals surface area contributed by atoms with Crippen LogP contribution in [0.1, 0.15) is 38.7 Å². The van der Waals surface area contributed by atoms with E-state index < -0.39 is 10.0 Å². The minimum absolute atomic E-state index is 0.0576. The highest BCUT2D eigenvalue weighted by Crippen LogP contribution is 2.39. The number of hydrogen-bond donors (Lipinski definition) is 1. The summed E-state index contributed by atoms with van der Waals surface area (Å²) in [5.74, 6) is 0. The van der Waals surface area contributed by atoms with Crippen LogP contribution in [0.25, 0.3) is 0 Å². The highest BCUT2D eigenvalue weighted by atomic mass is 32.2. The number of anilines is 1. The van der Waals surface area contributed by atoms with Crippen molar-refractivity contribution >= 4 is 15.7 Å². The van der Waals surface area contributed by atoms with Gasteiger partial charge in [0.25, 0.3) is 0 Å². The Balaban J connectivity index is 2.39. The van der Waals surface area contributed by atoms with Gasteiger partial charge < -0.3 is 5.73 Å². The van der Waals surface area contributed by atoms with Crippen molar-refractivity contribution in [3.05, 3.63) is 23.8 Å². The molecule has 1 aromatic carbocycles. The molecule has 1 heterocycles. The molecule has 0 spiro atoms. The fourth-order valence-electron chi connectivity index (χ4n) is 2.93. The van der Waals surface area contributed by atoms with E-state index in [1.165, 1.54) is 22.5 Å². The van der Waals surface area contributed by atoms with Crippen molar-refractivity contribution < 1.29 is 8.42 Å². The number of hydrogen-bond acceptors (Lipinski definition) is 4. The summed E-state index contributed by atoms with van der Waals surface area (Å²) in [5.41, 5.74) is 6.19. The molecule has 0 aromatic heterocycles. The van der Waals surface area contributed by atoms with E-state index in [0.717, 1.165) is 19.3 Å². The first kappa shape index (κ1) is 15.8. The number of nitrogens with two attached hydrogens (primary N) is 1. The van der Waals surface area contributed by atoms with Crippen molar-refractivity contribution in [1.82, 2.24) is 4.31 Å².